The molecule has 0 aliphatic rings. The summed E-state index contributed by atoms with van der Waals surface area (Å²) in [5.74, 6) is 0.665. The Morgan fingerprint density at radius 1 is 1.64 bits per heavy atom. The molecule has 0 radical (unpaired) electrons. The van der Waals surface area contributed by atoms with Gasteiger partial charge in [-0.15, -0.1) is 0 Å². The molecule has 0 aromatic carbocycles. The van der Waals surface area contributed by atoms with Crippen molar-refractivity contribution in [3.63, 3.8) is 0 Å². The zero-order valence-corrected chi connectivity index (χ0v) is 8.32. The Morgan fingerprint density at radius 2 is 2.36 bits per heavy atom. The second-order valence-electron chi connectivity index (χ2n) is 3.49. The van der Waals surface area contributed by atoms with Gasteiger partial charge in [0.2, 0.25) is 0 Å². The molecule has 1 atom stereocenters. The van der Waals surface area contributed by atoms with Gasteiger partial charge in [-0.3, -0.25) is 4.79 Å². The molecule has 1 heterocycles. The fourth-order valence-electron chi connectivity index (χ4n) is 0.910. The van der Waals surface area contributed by atoms with Crippen LogP contribution < -0.4 is 10.9 Å². The zero-order valence-electron chi connectivity index (χ0n) is 8.32. The number of hydrogen-bond donors (Lipinski definition) is 3. The maximum Gasteiger partial charge on any atom is 0.252 e. The Hall–Kier alpha value is -1.36. The standard InChI is InChI=1S/C9H15N3O2/c1-6(2)7(13)4-10-8-3-9(14)12-5-11-8/h3,5-7,13H,4H2,1-2H3,(H2,10,11,12,14). The maximum absolute atomic E-state index is 10.9. The Morgan fingerprint density at radius 3 is 2.93 bits per heavy atom. The predicted octanol–water partition coefficient (Wildman–Crippen LogP) is 0.199. The van der Waals surface area contributed by atoms with E-state index in [0.717, 1.165) is 0 Å². The molecule has 78 valence electrons. The lowest BCUT2D eigenvalue weighted by molar-refractivity contribution is 0.138. The summed E-state index contributed by atoms with van der Waals surface area (Å²) in [7, 11) is 0. The van der Waals surface area contributed by atoms with Crippen LogP contribution in [0.2, 0.25) is 0 Å². The van der Waals surface area contributed by atoms with E-state index in [-0.39, 0.29) is 11.5 Å². The van der Waals surface area contributed by atoms with Gasteiger partial charge in [-0.2, -0.15) is 0 Å². The van der Waals surface area contributed by atoms with Gasteiger partial charge < -0.3 is 15.4 Å². The number of aliphatic hydroxyl groups is 1. The Kier molecular flexibility index (Phi) is 3.64. The zero-order chi connectivity index (χ0) is 10.6. The quantitative estimate of drug-likeness (QED) is 0.644. The van der Waals surface area contributed by atoms with Crippen molar-refractivity contribution in [2.45, 2.75) is 20.0 Å². The highest BCUT2D eigenvalue weighted by atomic mass is 16.3. The smallest absolute Gasteiger partial charge is 0.252 e. The predicted molar refractivity (Wildman–Crippen MR) is 54.2 cm³/mol. The number of hydrogen-bond acceptors (Lipinski definition) is 4. The van der Waals surface area contributed by atoms with Gasteiger partial charge in [0.1, 0.15) is 5.82 Å². The lowest BCUT2D eigenvalue weighted by atomic mass is 10.1. The van der Waals surface area contributed by atoms with Crippen LogP contribution in [0, 0.1) is 5.92 Å². The van der Waals surface area contributed by atoms with Crippen LogP contribution in [0.1, 0.15) is 13.8 Å². The first-order valence-corrected chi connectivity index (χ1v) is 4.56. The molecule has 0 fully saturated rings. The molecule has 5 heteroatoms. The fraction of sp³-hybridized carbons (Fsp3) is 0.556. The van der Waals surface area contributed by atoms with Crippen molar-refractivity contribution >= 4 is 5.82 Å². The van der Waals surface area contributed by atoms with Gasteiger partial charge in [0, 0.05) is 12.6 Å². The third-order valence-corrected chi connectivity index (χ3v) is 1.94. The second kappa shape index (κ2) is 4.76. The normalized spacial score (nSPS) is 12.9. The minimum absolute atomic E-state index is 0.185. The summed E-state index contributed by atoms with van der Waals surface area (Å²) in [4.78, 5) is 17.2. The van der Waals surface area contributed by atoms with Gasteiger partial charge in [-0.05, 0) is 5.92 Å². The van der Waals surface area contributed by atoms with Gasteiger partial charge in [0.15, 0.2) is 0 Å². The number of nitrogens with one attached hydrogen (secondary N) is 2. The maximum atomic E-state index is 10.9. The number of anilines is 1. The summed E-state index contributed by atoms with van der Waals surface area (Å²) in [6.45, 7) is 4.25. The first-order chi connectivity index (χ1) is 6.59. The van der Waals surface area contributed by atoms with Crippen molar-refractivity contribution in [2.24, 2.45) is 5.92 Å². The average molecular weight is 197 g/mol. The summed E-state index contributed by atoms with van der Waals surface area (Å²) in [6, 6.07) is 1.35. The summed E-state index contributed by atoms with van der Waals surface area (Å²) in [5, 5.41) is 12.4. The van der Waals surface area contributed by atoms with Crippen LogP contribution in [0.4, 0.5) is 5.82 Å². The van der Waals surface area contributed by atoms with Crippen molar-refractivity contribution in [1.82, 2.24) is 9.97 Å². The molecule has 0 spiro atoms. The fourth-order valence-corrected chi connectivity index (χ4v) is 0.910. The lowest BCUT2D eigenvalue weighted by Crippen LogP contribution is -2.25. The van der Waals surface area contributed by atoms with E-state index in [9.17, 15) is 9.90 Å². The molecule has 1 aromatic rings. The number of aromatic nitrogens is 2. The monoisotopic (exact) mass is 197 g/mol. The van der Waals surface area contributed by atoms with Gasteiger partial charge in [0.05, 0.1) is 12.4 Å². The molecule has 0 amide bonds. The largest absolute Gasteiger partial charge is 0.391 e. The van der Waals surface area contributed by atoms with Crippen molar-refractivity contribution in [3.8, 4) is 0 Å². The molecule has 14 heavy (non-hydrogen) atoms. The summed E-state index contributed by atoms with van der Waals surface area (Å²) in [5.41, 5.74) is -0.207. The molecule has 0 bridgehead atoms. The minimum atomic E-state index is -0.434. The highest BCUT2D eigenvalue weighted by molar-refractivity contribution is 5.31. The van der Waals surface area contributed by atoms with Gasteiger partial charge in [-0.1, -0.05) is 13.8 Å². The van der Waals surface area contributed by atoms with Crippen molar-refractivity contribution in [1.29, 1.82) is 0 Å². The molecule has 3 N–H and O–H groups in total. The van der Waals surface area contributed by atoms with Crippen LogP contribution in [0.5, 0.6) is 0 Å². The Labute approximate surface area is 82.2 Å². The SMILES string of the molecule is CC(C)C(O)CNc1cc(=O)[nH]cn1. The van der Waals surface area contributed by atoms with Crippen LogP contribution in [-0.2, 0) is 0 Å². The highest BCUT2D eigenvalue weighted by Crippen LogP contribution is 2.02. The first kappa shape index (κ1) is 10.7. The van der Waals surface area contributed by atoms with E-state index in [1.165, 1.54) is 12.4 Å². The molecular weight excluding hydrogens is 182 g/mol. The minimum Gasteiger partial charge on any atom is -0.391 e. The van der Waals surface area contributed by atoms with E-state index in [0.29, 0.717) is 12.4 Å². The number of aromatic amines is 1. The number of rotatable bonds is 4. The summed E-state index contributed by atoms with van der Waals surface area (Å²) < 4.78 is 0. The molecule has 1 unspecified atom stereocenters. The molecule has 1 rings (SSSR count). The van der Waals surface area contributed by atoms with Crippen LogP contribution >= 0.6 is 0 Å². The number of nitrogens with zero attached hydrogens (tertiary/aromatic N) is 1. The molecule has 0 saturated heterocycles. The van der Waals surface area contributed by atoms with E-state index in [1.54, 1.807) is 0 Å². The molecular formula is C9H15N3O2. The van der Waals surface area contributed by atoms with E-state index < -0.39 is 6.10 Å². The van der Waals surface area contributed by atoms with Gasteiger partial charge >= 0.3 is 0 Å². The summed E-state index contributed by atoms with van der Waals surface area (Å²) >= 11 is 0. The van der Waals surface area contributed by atoms with Gasteiger partial charge in [0.25, 0.3) is 5.56 Å². The highest BCUT2D eigenvalue weighted by Gasteiger charge is 2.08. The van der Waals surface area contributed by atoms with Crippen LogP contribution in [0.3, 0.4) is 0 Å². The Bertz CT molecular complexity index is 335. The second-order valence-corrected chi connectivity index (χ2v) is 3.49. The number of aliphatic hydroxyl groups excluding tert-OH is 1. The lowest BCUT2D eigenvalue weighted by Gasteiger charge is -2.14. The van der Waals surface area contributed by atoms with E-state index >= 15 is 0 Å². The van der Waals surface area contributed by atoms with Crippen LogP contribution in [0.25, 0.3) is 0 Å². The van der Waals surface area contributed by atoms with E-state index in [1.807, 2.05) is 13.8 Å². The van der Waals surface area contributed by atoms with Crippen molar-refractivity contribution in [3.05, 3.63) is 22.7 Å². The topological polar surface area (TPSA) is 78.0 Å². The van der Waals surface area contributed by atoms with Crippen LogP contribution in [-0.4, -0.2) is 27.7 Å². The molecule has 1 aromatic heterocycles. The van der Waals surface area contributed by atoms with Crippen molar-refractivity contribution in [2.75, 3.05) is 11.9 Å². The van der Waals surface area contributed by atoms with Crippen LogP contribution in [0.15, 0.2) is 17.2 Å². The van der Waals surface area contributed by atoms with E-state index in [2.05, 4.69) is 15.3 Å². The van der Waals surface area contributed by atoms with Gasteiger partial charge in [-0.25, -0.2) is 4.98 Å². The first-order valence-electron chi connectivity index (χ1n) is 4.56. The third kappa shape index (κ3) is 3.18. The van der Waals surface area contributed by atoms with Crippen molar-refractivity contribution < 1.29 is 5.11 Å². The molecule has 0 aliphatic carbocycles. The molecule has 0 aliphatic heterocycles. The third-order valence-electron chi connectivity index (χ3n) is 1.94. The summed E-state index contributed by atoms with van der Waals surface area (Å²) in [6.07, 6.45) is 0.892. The average Bonchev–Trinajstić information content (AvgIpc) is 2.14. The number of H-pyrrole nitrogens is 1. The Balaban J connectivity index is 2.50. The molecule has 0 saturated carbocycles. The molecule has 5 nitrogen and oxygen atoms in total. The van der Waals surface area contributed by atoms with E-state index in [4.69, 9.17) is 0 Å².